The van der Waals surface area contributed by atoms with E-state index in [9.17, 15) is 13.8 Å². The highest BCUT2D eigenvalue weighted by molar-refractivity contribution is 7.84. The summed E-state index contributed by atoms with van der Waals surface area (Å²) < 4.78 is 11.1. The lowest BCUT2D eigenvalue weighted by molar-refractivity contribution is -0.141. The van der Waals surface area contributed by atoms with Crippen molar-refractivity contribution in [2.24, 2.45) is 0 Å². The van der Waals surface area contributed by atoms with Crippen LogP contribution in [0.25, 0.3) is 0 Å². The first kappa shape index (κ1) is 14.0. The van der Waals surface area contributed by atoms with Crippen LogP contribution in [0.1, 0.15) is 19.8 Å². The maximum atomic E-state index is 11.7. The fourth-order valence-corrected chi connectivity index (χ4v) is 2.40. The molecule has 17 heavy (non-hydrogen) atoms. The number of amides is 2. The number of hydrogen-bond donors (Lipinski definition) is 2. The van der Waals surface area contributed by atoms with Gasteiger partial charge in [-0.25, -0.2) is 9.59 Å². The topological polar surface area (TPSA) is 86.7 Å². The molecule has 0 spiro atoms. The zero-order chi connectivity index (χ0) is 12.8. The lowest BCUT2D eigenvalue weighted by Gasteiger charge is -2.21. The molecule has 0 bridgehead atoms. The van der Waals surface area contributed by atoms with Gasteiger partial charge in [-0.15, -0.1) is 0 Å². The van der Waals surface area contributed by atoms with Gasteiger partial charge < -0.3 is 15.3 Å². The number of likely N-dealkylation sites (tertiary alicyclic amines) is 1. The molecule has 1 aliphatic heterocycles. The highest BCUT2D eigenvalue weighted by Crippen LogP contribution is 2.16. The zero-order valence-electron chi connectivity index (χ0n) is 9.85. The summed E-state index contributed by atoms with van der Waals surface area (Å²) in [6.07, 6.45) is 1.22. The third kappa shape index (κ3) is 3.99. The molecule has 2 amide bonds. The zero-order valence-corrected chi connectivity index (χ0v) is 10.7. The summed E-state index contributed by atoms with van der Waals surface area (Å²) in [4.78, 5) is 23.9. The molecule has 0 aromatic heterocycles. The highest BCUT2D eigenvalue weighted by Gasteiger charge is 2.33. The van der Waals surface area contributed by atoms with E-state index in [1.54, 1.807) is 0 Å². The predicted molar refractivity (Wildman–Crippen MR) is 64.3 cm³/mol. The number of carboxylic acids is 1. The minimum absolute atomic E-state index is 0.322. The van der Waals surface area contributed by atoms with Crippen molar-refractivity contribution in [2.45, 2.75) is 25.8 Å². The first-order valence-corrected chi connectivity index (χ1v) is 7.17. The van der Waals surface area contributed by atoms with Crippen molar-refractivity contribution in [3.63, 3.8) is 0 Å². The summed E-state index contributed by atoms with van der Waals surface area (Å²) in [6, 6.07) is -1.09. The van der Waals surface area contributed by atoms with E-state index in [1.165, 1.54) is 4.90 Å². The van der Waals surface area contributed by atoms with Crippen molar-refractivity contribution >= 4 is 22.8 Å². The monoisotopic (exact) mass is 262 g/mol. The van der Waals surface area contributed by atoms with Crippen LogP contribution < -0.4 is 5.32 Å². The van der Waals surface area contributed by atoms with Gasteiger partial charge in [0.2, 0.25) is 0 Å². The molecule has 2 atom stereocenters. The molecule has 98 valence electrons. The van der Waals surface area contributed by atoms with Gasteiger partial charge in [-0.3, -0.25) is 4.21 Å². The Morgan fingerprint density at radius 2 is 2.24 bits per heavy atom. The number of carbonyl (C=O) groups excluding carboxylic acids is 1. The molecule has 1 fully saturated rings. The van der Waals surface area contributed by atoms with Gasteiger partial charge >= 0.3 is 12.0 Å². The summed E-state index contributed by atoms with van der Waals surface area (Å²) in [5.74, 6) is 0.0142. The largest absolute Gasteiger partial charge is 0.480 e. The van der Waals surface area contributed by atoms with Crippen LogP contribution in [0.3, 0.4) is 0 Å². The number of urea groups is 1. The van der Waals surface area contributed by atoms with Gasteiger partial charge in [0.25, 0.3) is 0 Å². The standard InChI is InChI=1S/C10H18N2O4S/c1-2-17(16)7-5-11-10(15)12-6-3-4-8(12)9(13)14/h8H,2-7H2,1H3,(H,11,15)(H,13,14). The molecule has 1 rings (SSSR count). The molecule has 1 aliphatic rings. The average Bonchev–Trinajstić information content (AvgIpc) is 2.77. The lowest BCUT2D eigenvalue weighted by Crippen LogP contribution is -2.46. The van der Waals surface area contributed by atoms with Crippen molar-refractivity contribution < 1.29 is 18.9 Å². The summed E-state index contributed by atoms with van der Waals surface area (Å²) in [5, 5.41) is 11.5. The van der Waals surface area contributed by atoms with Gasteiger partial charge in [-0.1, -0.05) is 6.92 Å². The summed E-state index contributed by atoms with van der Waals surface area (Å²) >= 11 is 0. The normalized spacial score (nSPS) is 21.2. The molecule has 7 heteroatoms. The van der Waals surface area contributed by atoms with Crippen LogP contribution in [0.4, 0.5) is 4.79 Å². The minimum atomic E-state index is -0.963. The predicted octanol–water partition coefficient (Wildman–Crippen LogP) is 0.0136. The number of rotatable bonds is 5. The molecule has 0 radical (unpaired) electrons. The van der Waals surface area contributed by atoms with Gasteiger partial charge in [0.1, 0.15) is 6.04 Å². The summed E-state index contributed by atoms with van der Waals surface area (Å²) in [6.45, 7) is 2.61. The van der Waals surface area contributed by atoms with Gasteiger partial charge in [-0.05, 0) is 12.8 Å². The first-order chi connectivity index (χ1) is 8.06. The number of nitrogens with zero attached hydrogens (tertiary/aromatic N) is 1. The minimum Gasteiger partial charge on any atom is -0.480 e. The van der Waals surface area contributed by atoms with Crippen LogP contribution in [0.15, 0.2) is 0 Å². The maximum absolute atomic E-state index is 11.7. The van der Waals surface area contributed by atoms with Crippen LogP contribution in [-0.4, -0.2) is 56.9 Å². The molecular weight excluding hydrogens is 244 g/mol. The second kappa shape index (κ2) is 6.58. The molecule has 0 aromatic rings. The quantitative estimate of drug-likeness (QED) is 0.731. The number of nitrogens with one attached hydrogen (secondary N) is 1. The Morgan fingerprint density at radius 1 is 1.53 bits per heavy atom. The van der Waals surface area contributed by atoms with E-state index in [0.717, 1.165) is 0 Å². The van der Waals surface area contributed by atoms with E-state index < -0.39 is 22.8 Å². The number of carbonyl (C=O) groups is 2. The Morgan fingerprint density at radius 3 is 2.82 bits per heavy atom. The molecule has 6 nitrogen and oxygen atoms in total. The molecule has 2 unspecified atom stereocenters. The Bertz CT molecular complexity index is 321. The van der Waals surface area contributed by atoms with Crippen molar-refractivity contribution in [2.75, 3.05) is 24.6 Å². The maximum Gasteiger partial charge on any atom is 0.326 e. The average molecular weight is 262 g/mol. The van der Waals surface area contributed by atoms with E-state index in [1.807, 2.05) is 6.92 Å². The Kier molecular flexibility index (Phi) is 5.40. The number of aliphatic carboxylic acids is 1. The van der Waals surface area contributed by atoms with Crippen molar-refractivity contribution in [1.29, 1.82) is 0 Å². The highest BCUT2D eigenvalue weighted by atomic mass is 32.2. The third-order valence-corrected chi connectivity index (χ3v) is 4.03. The molecule has 0 aromatic carbocycles. The smallest absolute Gasteiger partial charge is 0.326 e. The fraction of sp³-hybridized carbons (Fsp3) is 0.800. The molecule has 1 heterocycles. The molecule has 1 saturated heterocycles. The van der Waals surface area contributed by atoms with Crippen LogP contribution in [0.5, 0.6) is 0 Å². The number of carboxylic acid groups (broad SMARTS) is 1. The Balaban J connectivity index is 2.37. The van der Waals surface area contributed by atoms with Crippen molar-refractivity contribution in [3.05, 3.63) is 0 Å². The van der Waals surface area contributed by atoms with E-state index >= 15 is 0 Å². The Labute approximate surface area is 103 Å². The van der Waals surface area contributed by atoms with Crippen molar-refractivity contribution in [3.8, 4) is 0 Å². The van der Waals surface area contributed by atoms with E-state index in [-0.39, 0.29) is 6.03 Å². The van der Waals surface area contributed by atoms with Gasteiger partial charge in [0.15, 0.2) is 0 Å². The van der Waals surface area contributed by atoms with Crippen molar-refractivity contribution in [1.82, 2.24) is 10.2 Å². The van der Waals surface area contributed by atoms with E-state index in [2.05, 4.69) is 5.32 Å². The van der Waals surface area contributed by atoms with Gasteiger partial charge in [0.05, 0.1) is 0 Å². The third-order valence-electron chi connectivity index (χ3n) is 2.73. The second-order valence-electron chi connectivity index (χ2n) is 3.85. The molecule has 2 N–H and O–H groups in total. The molecule has 0 saturated carbocycles. The Hall–Kier alpha value is -1.11. The summed E-state index contributed by atoms with van der Waals surface area (Å²) in [7, 11) is -0.912. The van der Waals surface area contributed by atoms with Crippen LogP contribution in [0.2, 0.25) is 0 Å². The first-order valence-electron chi connectivity index (χ1n) is 5.68. The van der Waals surface area contributed by atoms with Crippen LogP contribution >= 0.6 is 0 Å². The SMILES string of the molecule is CCS(=O)CCNC(=O)N1CCCC1C(=O)O. The molecule has 0 aliphatic carbocycles. The number of hydrogen-bond acceptors (Lipinski definition) is 3. The fourth-order valence-electron chi connectivity index (χ4n) is 1.78. The van der Waals surface area contributed by atoms with Crippen LogP contribution in [-0.2, 0) is 15.6 Å². The second-order valence-corrected chi connectivity index (χ2v) is 5.72. The van der Waals surface area contributed by atoms with Gasteiger partial charge in [0, 0.05) is 35.4 Å². The van der Waals surface area contributed by atoms with Gasteiger partial charge in [-0.2, -0.15) is 0 Å². The molecular formula is C10H18N2O4S. The lowest BCUT2D eigenvalue weighted by atomic mass is 10.2. The summed E-state index contributed by atoms with van der Waals surface area (Å²) in [5.41, 5.74) is 0. The van der Waals surface area contributed by atoms with E-state index in [0.29, 0.717) is 37.4 Å². The van der Waals surface area contributed by atoms with Crippen LogP contribution in [0, 0.1) is 0 Å². The van der Waals surface area contributed by atoms with E-state index in [4.69, 9.17) is 5.11 Å².